The van der Waals surface area contributed by atoms with E-state index in [1.54, 1.807) is 12.1 Å². The third kappa shape index (κ3) is 4.28. The van der Waals surface area contributed by atoms with Crippen LogP contribution in [0.15, 0.2) is 42.0 Å². The van der Waals surface area contributed by atoms with Crippen LogP contribution in [-0.4, -0.2) is 31.6 Å². The summed E-state index contributed by atoms with van der Waals surface area (Å²) in [5.41, 5.74) is 0.327. The number of imide groups is 2. The van der Waals surface area contributed by atoms with Crippen LogP contribution in [-0.2, 0) is 9.59 Å². The first-order valence-electron chi connectivity index (χ1n) is 8.46. The number of ether oxygens (including phenoxy) is 2. The molecule has 9 heteroatoms. The van der Waals surface area contributed by atoms with Crippen LogP contribution in [0.5, 0.6) is 11.5 Å². The molecule has 0 unspecified atom stereocenters. The van der Waals surface area contributed by atoms with E-state index >= 15 is 0 Å². The van der Waals surface area contributed by atoms with Gasteiger partial charge in [0.2, 0.25) is 0 Å². The smallest absolute Gasteiger partial charge is 0.335 e. The van der Waals surface area contributed by atoms with E-state index in [0.29, 0.717) is 20.6 Å². The predicted octanol–water partition coefficient (Wildman–Crippen LogP) is 3.12. The van der Waals surface area contributed by atoms with Crippen molar-refractivity contribution in [2.75, 3.05) is 18.6 Å². The summed E-state index contributed by atoms with van der Waals surface area (Å²) in [4.78, 5) is 38.2. The molecule has 152 valence electrons. The molecule has 2 aromatic rings. The first kappa shape index (κ1) is 21.3. The van der Waals surface area contributed by atoms with Crippen LogP contribution in [0, 0.1) is 21.7 Å². The molecule has 3 rings (SSSR count). The number of nitrogens with zero attached hydrogens (tertiary/aromatic N) is 1. The zero-order valence-electron chi connectivity index (χ0n) is 15.6. The van der Waals surface area contributed by atoms with Crippen molar-refractivity contribution in [2.24, 2.45) is 0 Å². The van der Waals surface area contributed by atoms with Crippen molar-refractivity contribution in [3.05, 3.63) is 56.9 Å². The van der Waals surface area contributed by atoms with Gasteiger partial charge in [-0.2, -0.15) is 0 Å². The Kier molecular flexibility index (Phi) is 6.37. The maximum Gasteiger partial charge on any atom is 0.335 e. The van der Waals surface area contributed by atoms with E-state index < -0.39 is 23.7 Å². The number of barbiturate groups is 1. The number of amides is 4. The highest BCUT2D eigenvalue weighted by molar-refractivity contribution is 14.1. The molecular formula is C21H14FIN2O5. The van der Waals surface area contributed by atoms with Crippen LogP contribution in [0.3, 0.4) is 0 Å². The van der Waals surface area contributed by atoms with Crippen molar-refractivity contribution in [1.29, 1.82) is 0 Å². The van der Waals surface area contributed by atoms with Crippen molar-refractivity contribution < 1.29 is 28.2 Å². The zero-order chi connectivity index (χ0) is 21.8. The zero-order valence-corrected chi connectivity index (χ0v) is 17.7. The van der Waals surface area contributed by atoms with Gasteiger partial charge in [0.1, 0.15) is 18.0 Å². The average Bonchev–Trinajstić information content (AvgIpc) is 2.71. The minimum absolute atomic E-state index is 0.0441. The largest absolute Gasteiger partial charge is 0.493 e. The molecule has 1 aliphatic rings. The number of methoxy groups -OCH3 is 1. The molecule has 1 N–H and O–H groups in total. The van der Waals surface area contributed by atoms with E-state index in [2.05, 4.69) is 11.2 Å². The normalized spacial score (nSPS) is 15.1. The van der Waals surface area contributed by atoms with Crippen molar-refractivity contribution >= 4 is 52.2 Å². The maximum absolute atomic E-state index is 13.2. The average molecular weight is 520 g/mol. The summed E-state index contributed by atoms with van der Waals surface area (Å²) in [6, 6.07) is 7.07. The monoisotopic (exact) mass is 520 g/mol. The van der Waals surface area contributed by atoms with Gasteiger partial charge in [-0.15, -0.1) is 6.42 Å². The Morgan fingerprint density at radius 1 is 1.23 bits per heavy atom. The molecule has 7 nitrogen and oxygen atoms in total. The molecule has 1 aliphatic heterocycles. The first-order chi connectivity index (χ1) is 14.3. The summed E-state index contributed by atoms with van der Waals surface area (Å²) in [6.07, 6.45) is 6.55. The van der Waals surface area contributed by atoms with Crippen LogP contribution >= 0.6 is 22.6 Å². The lowest BCUT2D eigenvalue weighted by Gasteiger charge is -2.26. The van der Waals surface area contributed by atoms with E-state index in [0.717, 1.165) is 17.0 Å². The summed E-state index contributed by atoms with van der Waals surface area (Å²) in [7, 11) is 1.44. The summed E-state index contributed by atoms with van der Waals surface area (Å²) in [6.45, 7) is 0.0441. The van der Waals surface area contributed by atoms with Crippen molar-refractivity contribution in [3.63, 3.8) is 0 Å². The third-order valence-electron chi connectivity index (χ3n) is 4.05. The molecule has 0 atom stereocenters. The second-order valence-corrected chi connectivity index (χ2v) is 7.12. The molecule has 0 bridgehead atoms. The maximum atomic E-state index is 13.2. The molecule has 0 aliphatic carbocycles. The lowest BCUT2D eigenvalue weighted by Crippen LogP contribution is -2.54. The number of rotatable bonds is 5. The third-order valence-corrected chi connectivity index (χ3v) is 4.85. The van der Waals surface area contributed by atoms with Gasteiger partial charge >= 0.3 is 6.03 Å². The quantitative estimate of drug-likeness (QED) is 0.284. The lowest BCUT2D eigenvalue weighted by atomic mass is 10.1. The summed E-state index contributed by atoms with van der Waals surface area (Å²) in [5, 5.41) is 2.11. The van der Waals surface area contributed by atoms with Gasteiger partial charge in [-0.25, -0.2) is 14.1 Å². The number of halogens is 2. The molecule has 0 aromatic heterocycles. The number of benzene rings is 2. The molecule has 0 spiro atoms. The number of nitrogens with one attached hydrogen (secondary N) is 1. The second kappa shape index (κ2) is 8.96. The fraction of sp³-hybridized carbons (Fsp3) is 0.0952. The van der Waals surface area contributed by atoms with Crippen LogP contribution in [0.2, 0.25) is 0 Å². The first-order valence-corrected chi connectivity index (χ1v) is 9.54. The van der Waals surface area contributed by atoms with Crippen LogP contribution in [0.4, 0.5) is 14.9 Å². The number of anilines is 1. The topological polar surface area (TPSA) is 84.9 Å². The number of terminal acetylenes is 1. The molecule has 1 heterocycles. The fourth-order valence-corrected chi connectivity index (χ4v) is 3.51. The van der Waals surface area contributed by atoms with Gasteiger partial charge in [-0.3, -0.25) is 14.9 Å². The molecular weight excluding hydrogens is 506 g/mol. The summed E-state index contributed by atoms with van der Waals surface area (Å²) >= 11 is 2.01. The van der Waals surface area contributed by atoms with Crippen LogP contribution in [0.25, 0.3) is 6.08 Å². The Morgan fingerprint density at radius 3 is 2.57 bits per heavy atom. The highest BCUT2D eigenvalue weighted by atomic mass is 127. The van der Waals surface area contributed by atoms with Crippen LogP contribution in [0.1, 0.15) is 5.56 Å². The Bertz CT molecular complexity index is 1110. The number of carbonyl (C=O) groups excluding carboxylic acids is 3. The van der Waals surface area contributed by atoms with Gasteiger partial charge in [0.05, 0.1) is 16.4 Å². The number of carbonyl (C=O) groups is 3. The standard InChI is InChI=1S/C21H14FIN2O5/c1-3-8-30-18-16(23)10-12(11-17(18)29-2)9-15-19(26)24-21(28)25(20(15)27)14-6-4-13(22)5-7-14/h1,4-7,9-11H,8H2,2H3,(H,24,26,28)/b15-9+. The minimum Gasteiger partial charge on any atom is -0.493 e. The second-order valence-electron chi connectivity index (χ2n) is 5.96. The molecule has 0 saturated carbocycles. The van der Waals surface area contributed by atoms with Crippen LogP contribution < -0.4 is 19.7 Å². The van der Waals surface area contributed by atoms with Gasteiger partial charge in [0.25, 0.3) is 11.8 Å². The Hall–Kier alpha value is -3.39. The molecule has 4 amide bonds. The number of urea groups is 1. The van der Waals surface area contributed by atoms with Gasteiger partial charge in [-0.1, -0.05) is 5.92 Å². The number of hydrogen-bond donors (Lipinski definition) is 1. The fourth-order valence-electron chi connectivity index (χ4n) is 2.73. The highest BCUT2D eigenvalue weighted by Gasteiger charge is 2.36. The predicted molar refractivity (Wildman–Crippen MR) is 115 cm³/mol. The van der Waals surface area contributed by atoms with Crippen molar-refractivity contribution in [3.8, 4) is 23.8 Å². The molecule has 1 fully saturated rings. The molecule has 2 aromatic carbocycles. The summed E-state index contributed by atoms with van der Waals surface area (Å²) < 4.78 is 24.6. The van der Waals surface area contributed by atoms with Crippen molar-refractivity contribution in [1.82, 2.24) is 5.32 Å². The Balaban J connectivity index is 2.01. The van der Waals surface area contributed by atoms with E-state index in [-0.39, 0.29) is 17.9 Å². The molecule has 1 saturated heterocycles. The van der Waals surface area contributed by atoms with E-state index in [9.17, 15) is 18.8 Å². The van der Waals surface area contributed by atoms with Gasteiger partial charge in [-0.05, 0) is 70.6 Å². The van der Waals surface area contributed by atoms with Gasteiger partial charge in [0, 0.05) is 0 Å². The van der Waals surface area contributed by atoms with E-state index in [4.69, 9.17) is 15.9 Å². The Labute approximate surface area is 185 Å². The minimum atomic E-state index is -0.918. The Morgan fingerprint density at radius 2 is 1.93 bits per heavy atom. The van der Waals surface area contributed by atoms with Gasteiger partial charge in [0.15, 0.2) is 11.5 Å². The van der Waals surface area contributed by atoms with Crippen molar-refractivity contribution in [2.45, 2.75) is 0 Å². The molecule has 0 radical (unpaired) electrons. The molecule has 30 heavy (non-hydrogen) atoms. The SMILES string of the molecule is C#CCOc1c(I)cc(/C=C2\C(=O)NC(=O)N(c3ccc(F)cc3)C2=O)cc1OC. The van der Waals surface area contributed by atoms with Gasteiger partial charge < -0.3 is 9.47 Å². The summed E-state index contributed by atoms with van der Waals surface area (Å²) in [5.74, 6) is 0.952. The number of hydrogen-bond acceptors (Lipinski definition) is 5. The van der Waals surface area contributed by atoms with E-state index in [1.165, 1.54) is 25.3 Å². The highest BCUT2D eigenvalue weighted by Crippen LogP contribution is 2.35. The lowest BCUT2D eigenvalue weighted by molar-refractivity contribution is -0.122. The van der Waals surface area contributed by atoms with E-state index in [1.807, 2.05) is 22.6 Å².